The molecule has 72 valence electrons. The molecule has 1 aliphatic carbocycles. The maximum atomic E-state index is 5.83. The fourth-order valence-corrected chi connectivity index (χ4v) is 1.94. The molecule has 1 N–H and O–H groups in total. The van der Waals surface area contributed by atoms with Crippen LogP contribution in [0.25, 0.3) is 0 Å². The average Bonchev–Trinajstić information content (AvgIpc) is 2.04. The van der Waals surface area contributed by atoms with E-state index in [-0.39, 0.29) is 0 Å². The standard InChI is InChI=1S/C10H21NO/c1-8(2)12-10-7-5-4-6-9(10)11-3/h8-11H,4-7H2,1-3H3/t9-,10-/m1/s1. The summed E-state index contributed by atoms with van der Waals surface area (Å²) in [7, 11) is 2.03. The van der Waals surface area contributed by atoms with Crippen LogP contribution in [-0.4, -0.2) is 25.3 Å². The third-order valence-electron chi connectivity index (χ3n) is 2.52. The van der Waals surface area contributed by atoms with Crippen molar-refractivity contribution in [3.63, 3.8) is 0 Å². The van der Waals surface area contributed by atoms with Crippen LogP contribution in [0.15, 0.2) is 0 Å². The summed E-state index contributed by atoms with van der Waals surface area (Å²) in [6.45, 7) is 4.22. The van der Waals surface area contributed by atoms with Crippen molar-refractivity contribution < 1.29 is 4.74 Å². The van der Waals surface area contributed by atoms with E-state index in [0.29, 0.717) is 18.2 Å². The quantitative estimate of drug-likeness (QED) is 0.700. The predicted molar refractivity (Wildman–Crippen MR) is 51.3 cm³/mol. The van der Waals surface area contributed by atoms with Crippen molar-refractivity contribution in [2.24, 2.45) is 0 Å². The first-order valence-electron chi connectivity index (χ1n) is 5.06. The lowest BCUT2D eigenvalue weighted by Gasteiger charge is -2.32. The van der Waals surface area contributed by atoms with Gasteiger partial charge in [0.15, 0.2) is 0 Å². The van der Waals surface area contributed by atoms with Gasteiger partial charge in [-0.2, -0.15) is 0 Å². The number of nitrogens with one attached hydrogen (secondary N) is 1. The molecule has 2 atom stereocenters. The Kier molecular flexibility index (Phi) is 4.02. The maximum Gasteiger partial charge on any atom is 0.0731 e. The summed E-state index contributed by atoms with van der Waals surface area (Å²) in [4.78, 5) is 0. The van der Waals surface area contributed by atoms with E-state index in [0.717, 1.165) is 0 Å². The highest BCUT2D eigenvalue weighted by atomic mass is 16.5. The highest BCUT2D eigenvalue weighted by Gasteiger charge is 2.24. The summed E-state index contributed by atoms with van der Waals surface area (Å²) in [5.41, 5.74) is 0. The van der Waals surface area contributed by atoms with Gasteiger partial charge in [0.2, 0.25) is 0 Å². The molecule has 1 saturated carbocycles. The minimum Gasteiger partial charge on any atom is -0.374 e. The van der Waals surface area contributed by atoms with Crippen molar-refractivity contribution in [1.82, 2.24) is 5.32 Å². The van der Waals surface area contributed by atoms with Gasteiger partial charge in [0.25, 0.3) is 0 Å². The Hall–Kier alpha value is -0.0800. The lowest BCUT2D eigenvalue weighted by Crippen LogP contribution is -2.42. The van der Waals surface area contributed by atoms with Gasteiger partial charge in [0, 0.05) is 6.04 Å². The SMILES string of the molecule is CN[C@@H]1CCCC[C@H]1OC(C)C. The van der Waals surface area contributed by atoms with Gasteiger partial charge in [-0.25, -0.2) is 0 Å². The van der Waals surface area contributed by atoms with Gasteiger partial charge >= 0.3 is 0 Å². The van der Waals surface area contributed by atoms with Crippen molar-refractivity contribution in [2.45, 2.75) is 57.8 Å². The summed E-state index contributed by atoms with van der Waals surface area (Å²) in [5.74, 6) is 0. The van der Waals surface area contributed by atoms with Crippen LogP contribution in [0.2, 0.25) is 0 Å². The summed E-state index contributed by atoms with van der Waals surface area (Å²) >= 11 is 0. The van der Waals surface area contributed by atoms with Crippen molar-refractivity contribution in [2.75, 3.05) is 7.05 Å². The predicted octanol–water partition coefficient (Wildman–Crippen LogP) is 1.94. The molecule has 0 amide bonds. The number of hydrogen-bond donors (Lipinski definition) is 1. The third-order valence-corrected chi connectivity index (χ3v) is 2.52. The zero-order valence-electron chi connectivity index (χ0n) is 8.47. The zero-order chi connectivity index (χ0) is 8.97. The van der Waals surface area contributed by atoms with Crippen molar-refractivity contribution >= 4 is 0 Å². The molecule has 0 spiro atoms. The molecule has 0 radical (unpaired) electrons. The highest BCUT2D eigenvalue weighted by Crippen LogP contribution is 2.21. The fraction of sp³-hybridized carbons (Fsp3) is 1.00. The molecule has 12 heavy (non-hydrogen) atoms. The van der Waals surface area contributed by atoms with E-state index in [1.54, 1.807) is 0 Å². The van der Waals surface area contributed by atoms with Gasteiger partial charge in [0.1, 0.15) is 0 Å². The normalized spacial score (nSPS) is 31.0. The van der Waals surface area contributed by atoms with Crippen LogP contribution in [0.5, 0.6) is 0 Å². The van der Waals surface area contributed by atoms with E-state index in [9.17, 15) is 0 Å². The summed E-state index contributed by atoms with van der Waals surface area (Å²) in [5, 5.41) is 3.33. The highest BCUT2D eigenvalue weighted by molar-refractivity contribution is 4.80. The molecule has 0 bridgehead atoms. The Bertz CT molecular complexity index is 125. The molecule has 0 aromatic carbocycles. The second-order valence-electron chi connectivity index (χ2n) is 3.90. The third kappa shape index (κ3) is 2.76. The molecule has 1 rings (SSSR count). The lowest BCUT2D eigenvalue weighted by molar-refractivity contribution is -0.0292. The van der Waals surface area contributed by atoms with Gasteiger partial charge in [-0.15, -0.1) is 0 Å². The largest absolute Gasteiger partial charge is 0.374 e. The van der Waals surface area contributed by atoms with E-state index in [4.69, 9.17) is 4.74 Å². The molecule has 0 aromatic rings. The summed E-state index contributed by atoms with van der Waals surface area (Å²) in [6, 6.07) is 0.584. The van der Waals surface area contributed by atoms with E-state index in [1.807, 2.05) is 7.05 Å². The van der Waals surface area contributed by atoms with Crippen LogP contribution in [-0.2, 0) is 4.74 Å². The van der Waals surface area contributed by atoms with Crippen LogP contribution in [0.4, 0.5) is 0 Å². The molecule has 0 saturated heterocycles. The molecule has 0 aliphatic heterocycles. The molecule has 1 fully saturated rings. The molecule has 2 heteroatoms. The monoisotopic (exact) mass is 171 g/mol. The van der Waals surface area contributed by atoms with E-state index >= 15 is 0 Å². The van der Waals surface area contributed by atoms with Gasteiger partial charge < -0.3 is 10.1 Å². The lowest BCUT2D eigenvalue weighted by atomic mass is 9.92. The van der Waals surface area contributed by atoms with Crippen LogP contribution in [0, 0.1) is 0 Å². The van der Waals surface area contributed by atoms with Gasteiger partial charge in [-0.05, 0) is 33.7 Å². The molecule has 2 nitrogen and oxygen atoms in total. The minimum atomic E-state index is 0.365. The average molecular weight is 171 g/mol. The maximum absolute atomic E-state index is 5.83. The topological polar surface area (TPSA) is 21.3 Å². The number of rotatable bonds is 3. The fourth-order valence-electron chi connectivity index (χ4n) is 1.94. The van der Waals surface area contributed by atoms with Crippen LogP contribution < -0.4 is 5.32 Å². The second-order valence-corrected chi connectivity index (χ2v) is 3.90. The van der Waals surface area contributed by atoms with Crippen molar-refractivity contribution in [1.29, 1.82) is 0 Å². The first-order valence-corrected chi connectivity index (χ1v) is 5.06. The Morgan fingerprint density at radius 2 is 1.92 bits per heavy atom. The van der Waals surface area contributed by atoms with E-state index < -0.39 is 0 Å². The minimum absolute atomic E-state index is 0.365. The van der Waals surface area contributed by atoms with Crippen LogP contribution in [0.1, 0.15) is 39.5 Å². The Balaban J connectivity index is 2.36. The first kappa shape index (κ1) is 10.0. The smallest absolute Gasteiger partial charge is 0.0731 e. The molecule has 0 heterocycles. The van der Waals surface area contributed by atoms with Gasteiger partial charge in [-0.3, -0.25) is 0 Å². The van der Waals surface area contributed by atoms with E-state index in [2.05, 4.69) is 19.2 Å². The molecule has 0 aromatic heterocycles. The Morgan fingerprint density at radius 3 is 2.50 bits per heavy atom. The number of hydrogen-bond acceptors (Lipinski definition) is 2. The Labute approximate surface area is 75.7 Å². The van der Waals surface area contributed by atoms with Crippen LogP contribution in [0.3, 0.4) is 0 Å². The zero-order valence-corrected chi connectivity index (χ0v) is 8.47. The van der Waals surface area contributed by atoms with E-state index in [1.165, 1.54) is 25.7 Å². The van der Waals surface area contributed by atoms with Gasteiger partial charge in [0.05, 0.1) is 12.2 Å². The summed E-state index contributed by atoms with van der Waals surface area (Å²) in [6.07, 6.45) is 5.99. The molecule has 1 aliphatic rings. The number of likely N-dealkylation sites (N-methyl/N-ethyl adjacent to an activating group) is 1. The van der Waals surface area contributed by atoms with Crippen molar-refractivity contribution in [3.05, 3.63) is 0 Å². The molecular formula is C10H21NO. The second kappa shape index (κ2) is 4.83. The number of ether oxygens (including phenoxy) is 1. The first-order chi connectivity index (χ1) is 5.74. The summed E-state index contributed by atoms with van der Waals surface area (Å²) < 4.78 is 5.83. The molecule has 0 unspecified atom stereocenters. The van der Waals surface area contributed by atoms with Gasteiger partial charge in [-0.1, -0.05) is 12.8 Å². The van der Waals surface area contributed by atoms with Crippen LogP contribution >= 0.6 is 0 Å². The Morgan fingerprint density at radius 1 is 1.25 bits per heavy atom. The van der Waals surface area contributed by atoms with Crippen molar-refractivity contribution in [3.8, 4) is 0 Å². The molecular weight excluding hydrogens is 150 g/mol.